The molecular formula is C13H13N2+. The molecule has 15 heavy (non-hydrogen) atoms. The molecular weight excluding hydrogens is 184 g/mol. The molecule has 0 unspecified atom stereocenters. The molecule has 0 fully saturated rings. The Morgan fingerprint density at radius 2 is 2.40 bits per heavy atom. The number of hydrogen-bond acceptors (Lipinski definition) is 1. The molecule has 0 radical (unpaired) electrons. The summed E-state index contributed by atoms with van der Waals surface area (Å²) in [7, 11) is 0. The molecule has 0 aromatic carbocycles. The van der Waals surface area contributed by atoms with Crippen LogP contribution in [0.15, 0.2) is 30.5 Å². The third-order valence-corrected chi connectivity index (χ3v) is 2.82. The molecule has 2 heteroatoms. The average molecular weight is 200 g/mol. The van der Waals surface area contributed by atoms with Crippen LogP contribution in [-0.2, 0) is 6.54 Å². The van der Waals surface area contributed by atoms with Crippen LogP contribution in [0.3, 0.4) is 0 Å². The maximum absolute atomic E-state index is 7.46. The third-order valence-electron chi connectivity index (χ3n) is 2.82. The van der Waals surface area contributed by atoms with Crippen LogP contribution in [0, 0.1) is 13.8 Å². The van der Waals surface area contributed by atoms with E-state index in [1.54, 1.807) is 6.07 Å². The van der Waals surface area contributed by atoms with E-state index in [1.165, 1.54) is 0 Å². The van der Waals surface area contributed by atoms with E-state index < -0.39 is 6.85 Å². The van der Waals surface area contributed by atoms with Gasteiger partial charge in [-0.1, -0.05) is 0 Å². The van der Waals surface area contributed by atoms with Gasteiger partial charge in [0.1, 0.15) is 0 Å². The summed E-state index contributed by atoms with van der Waals surface area (Å²) >= 11 is 0. The number of hydrogen-bond donors (Lipinski definition) is 0. The van der Waals surface area contributed by atoms with E-state index in [0.717, 1.165) is 29.1 Å². The Hall–Kier alpha value is -1.70. The Balaban J connectivity index is 2.22. The van der Waals surface area contributed by atoms with E-state index in [2.05, 4.69) is 9.55 Å². The highest BCUT2D eigenvalue weighted by Crippen LogP contribution is 2.28. The quantitative estimate of drug-likeness (QED) is 0.507. The highest BCUT2D eigenvalue weighted by Gasteiger charge is 2.27. The van der Waals surface area contributed by atoms with Crippen LogP contribution in [0.5, 0.6) is 0 Å². The molecule has 74 valence electrons. The summed E-state index contributed by atoms with van der Waals surface area (Å²) < 4.78 is 24.5. The molecule has 0 bridgehead atoms. The lowest BCUT2D eigenvalue weighted by Gasteiger charge is -2.00. The van der Waals surface area contributed by atoms with Gasteiger partial charge in [0.05, 0.1) is 11.3 Å². The van der Waals surface area contributed by atoms with Gasteiger partial charge < -0.3 is 0 Å². The van der Waals surface area contributed by atoms with E-state index >= 15 is 0 Å². The van der Waals surface area contributed by atoms with Gasteiger partial charge in [0.15, 0.2) is 12.7 Å². The second kappa shape index (κ2) is 2.89. The minimum absolute atomic E-state index is 0.187. The third kappa shape index (κ3) is 1.18. The first-order valence-electron chi connectivity index (χ1n) is 6.46. The largest absolute Gasteiger partial charge is 0.258 e. The van der Waals surface area contributed by atoms with Crippen LogP contribution in [0.4, 0.5) is 0 Å². The molecule has 0 saturated carbocycles. The summed E-state index contributed by atoms with van der Waals surface area (Å²) in [4.78, 5) is 4.24. The maximum Gasteiger partial charge on any atom is 0.215 e. The fourth-order valence-electron chi connectivity index (χ4n) is 2.24. The lowest BCUT2D eigenvalue weighted by molar-refractivity contribution is -0.672. The van der Waals surface area contributed by atoms with Crippen molar-refractivity contribution >= 4 is 0 Å². The van der Waals surface area contributed by atoms with Crippen molar-refractivity contribution in [1.29, 1.82) is 0 Å². The van der Waals surface area contributed by atoms with Crippen LogP contribution in [-0.4, -0.2) is 4.98 Å². The van der Waals surface area contributed by atoms with Gasteiger partial charge in [0.2, 0.25) is 5.69 Å². The van der Waals surface area contributed by atoms with Gasteiger partial charge in [0, 0.05) is 27.5 Å². The molecule has 2 aromatic rings. The van der Waals surface area contributed by atoms with Crippen LogP contribution in [0.1, 0.15) is 21.1 Å². The Bertz CT molecular complexity index is 633. The highest BCUT2D eigenvalue weighted by atomic mass is 15.0. The van der Waals surface area contributed by atoms with Crippen LogP contribution in [0.25, 0.3) is 11.3 Å². The molecule has 1 aliphatic heterocycles. The number of aryl methyl sites for hydroxylation is 2. The smallest absolute Gasteiger partial charge is 0.215 e. The van der Waals surface area contributed by atoms with Crippen LogP contribution in [0.2, 0.25) is 0 Å². The summed E-state index contributed by atoms with van der Waals surface area (Å²) in [5.41, 5.74) is 4.20. The summed E-state index contributed by atoms with van der Waals surface area (Å²) in [5.74, 6) is 0. The monoisotopic (exact) mass is 200 g/mol. The van der Waals surface area contributed by atoms with Crippen molar-refractivity contribution in [3.63, 3.8) is 0 Å². The number of fused-ring (bicyclic) bond motifs is 3. The normalized spacial score (nSPS) is 16.2. The second-order valence-electron chi connectivity index (χ2n) is 3.84. The van der Waals surface area contributed by atoms with E-state index in [9.17, 15) is 0 Å². The zero-order chi connectivity index (χ0) is 12.9. The minimum Gasteiger partial charge on any atom is -0.258 e. The standard InChI is InChI=1S/C13H13N2/c1-9-7-11-8-15-6-4-3-5-12(15)13(11)10(2)14-9/h3-7H,8H2,1-2H3/q+1/i1D3. The van der Waals surface area contributed by atoms with Crippen molar-refractivity contribution in [3.8, 4) is 11.3 Å². The summed E-state index contributed by atoms with van der Waals surface area (Å²) in [6, 6.07) is 7.71. The maximum atomic E-state index is 7.46. The predicted molar refractivity (Wildman–Crippen MR) is 58.4 cm³/mol. The van der Waals surface area contributed by atoms with Gasteiger partial charge in [-0.05, 0) is 25.9 Å². The zero-order valence-electron chi connectivity index (χ0n) is 11.5. The van der Waals surface area contributed by atoms with Crippen molar-refractivity contribution in [2.45, 2.75) is 20.3 Å². The molecule has 3 heterocycles. The Kier molecular flexibility index (Phi) is 1.16. The van der Waals surface area contributed by atoms with Crippen molar-refractivity contribution in [3.05, 3.63) is 47.4 Å². The lowest BCUT2D eigenvalue weighted by atomic mass is 10.1. The average Bonchev–Trinajstić information content (AvgIpc) is 2.66. The van der Waals surface area contributed by atoms with E-state index in [0.29, 0.717) is 0 Å². The minimum atomic E-state index is -2.14. The lowest BCUT2D eigenvalue weighted by Crippen LogP contribution is -2.31. The van der Waals surface area contributed by atoms with Gasteiger partial charge >= 0.3 is 0 Å². The first kappa shape index (κ1) is 6.01. The first-order chi connectivity index (χ1) is 8.47. The van der Waals surface area contributed by atoms with Crippen molar-refractivity contribution in [1.82, 2.24) is 4.98 Å². The Morgan fingerprint density at radius 3 is 3.27 bits per heavy atom. The molecule has 3 rings (SSSR count). The molecule has 0 saturated heterocycles. The van der Waals surface area contributed by atoms with Crippen LogP contribution >= 0.6 is 0 Å². The first-order valence-corrected chi connectivity index (χ1v) is 4.96. The van der Waals surface area contributed by atoms with E-state index in [-0.39, 0.29) is 5.69 Å². The van der Waals surface area contributed by atoms with Gasteiger partial charge in [0.25, 0.3) is 0 Å². The molecule has 2 aromatic heterocycles. The van der Waals surface area contributed by atoms with Gasteiger partial charge in [-0.15, -0.1) is 0 Å². The van der Waals surface area contributed by atoms with Crippen molar-refractivity contribution < 1.29 is 8.68 Å². The van der Waals surface area contributed by atoms with E-state index in [1.807, 2.05) is 31.3 Å². The molecule has 0 atom stereocenters. The molecule has 0 aliphatic carbocycles. The number of rotatable bonds is 0. The Morgan fingerprint density at radius 1 is 1.47 bits per heavy atom. The van der Waals surface area contributed by atoms with Crippen molar-refractivity contribution in [2.24, 2.45) is 0 Å². The van der Waals surface area contributed by atoms with Gasteiger partial charge in [-0.3, -0.25) is 4.98 Å². The number of aromatic nitrogens is 2. The molecule has 0 spiro atoms. The summed E-state index contributed by atoms with van der Waals surface area (Å²) in [6.07, 6.45) is 2.00. The van der Waals surface area contributed by atoms with Crippen molar-refractivity contribution in [2.75, 3.05) is 0 Å². The fourth-order valence-corrected chi connectivity index (χ4v) is 2.24. The highest BCUT2D eigenvalue weighted by molar-refractivity contribution is 5.65. The van der Waals surface area contributed by atoms with E-state index in [4.69, 9.17) is 4.11 Å². The number of pyridine rings is 2. The molecule has 0 amide bonds. The summed E-state index contributed by atoms with van der Waals surface area (Å²) in [5, 5.41) is 0. The fraction of sp³-hybridized carbons (Fsp3) is 0.231. The zero-order valence-corrected chi connectivity index (χ0v) is 8.49. The number of nitrogens with zero attached hydrogens (tertiary/aromatic N) is 2. The molecule has 0 N–H and O–H groups in total. The Labute approximate surface area is 93.4 Å². The molecule has 2 nitrogen and oxygen atoms in total. The van der Waals surface area contributed by atoms with Gasteiger partial charge in [-0.25, -0.2) is 0 Å². The predicted octanol–water partition coefficient (Wildman–Crippen LogP) is 2.01. The molecule has 1 aliphatic rings. The van der Waals surface area contributed by atoms with Crippen LogP contribution < -0.4 is 4.57 Å². The topological polar surface area (TPSA) is 16.8 Å². The van der Waals surface area contributed by atoms with Gasteiger partial charge in [-0.2, -0.15) is 4.57 Å². The SMILES string of the molecule is [2H]C([2H])([2H])c1cc2c(c(C)n1)-c1cccc[n+]1C2. The summed E-state index contributed by atoms with van der Waals surface area (Å²) in [6.45, 7) is 0.452. The second-order valence-corrected chi connectivity index (χ2v) is 3.84.